The van der Waals surface area contributed by atoms with Crippen LogP contribution in [0.5, 0.6) is 0 Å². The van der Waals surface area contributed by atoms with E-state index in [2.05, 4.69) is 82.5 Å². The number of benzene rings is 1. The van der Waals surface area contributed by atoms with E-state index in [0.29, 0.717) is 0 Å². The second kappa shape index (κ2) is 8.74. The van der Waals surface area contributed by atoms with Gasteiger partial charge in [-0.25, -0.2) is 0 Å². The van der Waals surface area contributed by atoms with Crippen LogP contribution in [0.3, 0.4) is 0 Å². The predicted octanol–water partition coefficient (Wildman–Crippen LogP) is 3.77. The number of nitrogens with one attached hydrogen (secondary N) is 1. The molecule has 0 amide bonds. The van der Waals surface area contributed by atoms with Gasteiger partial charge in [-0.15, -0.1) is 24.0 Å². The normalized spacial score (nSPS) is 15.9. The summed E-state index contributed by atoms with van der Waals surface area (Å²) < 4.78 is 2.15. The third-order valence-corrected chi connectivity index (χ3v) is 5.31. The van der Waals surface area contributed by atoms with E-state index in [1.165, 1.54) is 30.5 Å². The van der Waals surface area contributed by atoms with E-state index < -0.39 is 0 Å². The van der Waals surface area contributed by atoms with Gasteiger partial charge >= 0.3 is 0 Å². The molecule has 1 aromatic heterocycles. The minimum absolute atomic E-state index is 0. The van der Waals surface area contributed by atoms with Gasteiger partial charge in [0.25, 0.3) is 0 Å². The molecule has 0 bridgehead atoms. The van der Waals surface area contributed by atoms with Crippen LogP contribution >= 0.6 is 24.0 Å². The van der Waals surface area contributed by atoms with Crippen LogP contribution in [0, 0.1) is 0 Å². The van der Waals surface area contributed by atoms with E-state index in [1.54, 1.807) is 0 Å². The first-order chi connectivity index (χ1) is 11.6. The van der Waals surface area contributed by atoms with Crippen LogP contribution in [0.15, 0.2) is 53.7 Å². The van der Waals surface area contributed by atoms with Gasteiger partial charge in [-0.2, -0.15) is 0 Å². The van der Waals surface area contributed by atoms with Gasteiger partial charge in [-0.3, -0.25) is 4.99 Å². The lowest BCUT2D eigenvalue weighted by Crippen LogP contribution is -2.49. The maximum atomic E-state index is 4.48. The van der Waals surface area contributed by atoms with Crippen LogP contribution in [0.25, 0.3) is 0 Å². The van der Waals surface area contributed by atoms with Crippen LogP contribution in [0.1, 0.15) is 30.5 Å². The zero-order chi connectivity index (χ0) is 17.0. The van der Waals surface area contributed by atoms with Gasteiger partial charge in [0.1, 0.15) is 0 Å². The van der Waals surface area contributed by atoms with Gasteiger partial charge in [0, 0.05) is 45.0 Å². The smallest absolute Gasteiger partial charge is 0.193 e. The SMILES string of the molecule is CN=C(NCC1(c2ccccc2)CCC1)N(C)Cc1cccn1C.I. The van der Waals surface area contributed by atoms with E-state index in [0.717, 1.165) is 19.0 Å². The zero-order valence-corrected chi connectivity index (χ0v) is 17.7. The van der Waals surface area contributed by atoms with Gasteiger partial charge in [-0.05, 0) is 30.5 Å². The number of halogens is 1. The highest BCUT2D eigenvalue weighted by Gasteiger charge is 2.38. The maximum absolute atomic E-state index is 4.48. The Bertz CT molecular complexity index is 689. The van der Waals surface area contributed by atoms with Crippen molar-refractivity contribution in [2.75, 3.05) is 20.6 Å². The van der Waals surface area contributed by atoms with Crippen molar-refractivity contribution in [3.05, 3.63) is 59.9 Å². The Labute approximate surface area is 168 Å². The third-order valence-electron chi connectivity index (χ3n) is 5.31. The Kier molecular flexibility index (Phi) is 6.93. The minimum atomic E-state index is 0. The van der Waals surface area contributed by atoms with Crippen molar-refractivity contribution in [2.45, 2.75) is 31.2 Å². The lowest BCUT2D eigenvalue weighted by Gasteiger charge is -2.43. The van der Waals surface area contributed by atoms with Crippen molar-refractivity contribution >= 4 is 29.9 Å². The summed E-state index contributed by atoms with van der Waals surface area (Å²) >= 11 is 0. The standard InChI is InChI=1S/C20H28N4.HI/c1-21-19(24(3)15-18-11-7-14-23(18)2)22-16-20(12-8-13-20)17-9-5-4-6-10-17;/h4-7,9-11,14H,8,12-13,15-16H2,1-3H3,(H,21,22);1H. The first-order valence-corrected chi connectivity index (χ1v) is 8.72. The van der Waals surface area contributed by atoms with E-state index in [-0.39, 0.29) is 29.4 Å². The fourth-order valence-corrected chi connectivity index (χ4v) is 3.57. The molecule has 25 heavy (non-hydrogen) atoms. The molecular formula is C20H29IN4. The maximum Gasteiger partial charge on any atom is 0.193 e. The van der Waals surface area contributed by atoms with E-state index in [4.69, 9.17) is 0 Å². The number of hydrogen-bond acceptors (Lipinski definition) is 1. The average molecular weight is 452 g/mol. The molecule has 0 spiro atoms. The largest absolute Gasteiger partial charge is 0.355 e. The molecule has 0 radical (unpaired) electrons. The fraction of sp³-hybridized carbons (Fsp3) is 0.450. The highest BCUT2D eigenvalue weighted by molar-refractivity contribution is 14.0. The first-order valence-electron chi connectivity index (χ1n) is 8.72. The molecule has 0 unspecified atom stereocenters. The second-order valence-electron chi connectivity index (χ2n) is 6.87. The summed E-state index contributed by atoms with van der Waals surface area (Å²) in [5.41, 5.74) is 2.99. The van der Waals surface area contributed by atoms with Gasteiger partial charge in [0.2, 0.25) is 0 Å². The summed E-state index contributed by atoms with van der Waals surface area (Å²) in [5, 5.41) is 3.61. The molecule has 5 heteroatoms. The summed E-state index contributed by atoms with van der Waals surface area (Å²) in [7, 11) is 6.04. The van der Waals surface area contributed by atoms with Crippen LogP contribution in [-0.2, 0) is 19.0 Å². The van der Waals surface area contributed by atoms with Crippen molar-refractivity contribution in [1.29, 1.82) is 0 Å². The lowest BCUT2D eigenvalue weighted by atomic mass is 9.64. The topological polar surface area (TPSA) is 32.6 Å². The molecule has 1 heterocycles. The summed E-state index contributed by atoms with van der Waals surface area (Å²) in [6.45, 7) is 1.79. The van der Waals surface area contributed by atoms with Crippen molar-refractivity contribution in [3.63, 3.8) is 0 Å². The van der Waals surface area contributed by atoms with Crippen molar-refractivity contribution in [3.8, 4) is 0 Å². The predicted molar refractivity (Wildman–Crippen MR) is 116 cm³/mol. The highest BCUT2D eigenvalue weighted by Crippen LogP contribution is 2.43. The van der Waals surface area contributed by atoms with Crippen LogP contribution in [-0.4, -0.2) is 36.1 Å². The van der Waals surface area contributed by atoms with Crippen molar-refractivity contribution in [1.82, 2.24) is 14.8 Å². The molecule has 1 aromatic carbocycles. The van der Waals surface area contributed by atoms with E-state index >= 15 is 0 Å². The molecular weight excluding hydrogens is 423 g/mol. The molecule has 0 aliphatic heterocycles. The van der Waals surface area contributed by atoms with Crippen molar-refractivity contribution in [2.24, 2.45) is 12.0 Å². The Morgan fingerprint density at radius 2 is 1.92 bits per heavy atom. The Morgan fingerprint density at radius 1 is 1.20 bits per heavy atom. The molecule has 136 valence electrons. The molecule has 2 aromatic rings. The minimum Gasteiger partial charge on any atom is -0.355 e. The number of aliphatic imine (C=N–C) groups is 1. The number of guanidine groups is 1. The molecule has 1 N–H and O–H groups in total. The Balaban J connectivity index is 0.00000225. The van der Waals surface area contributed by atoms with Gasteiger partial charge in [-0.1, -0.05) is 36.8 Å². The molecule has 1 fully saturated rings. The molecule has 3 rings (SSSR count). The van der Waals surface area contributed by atoms with Gasteiger partial charge in [0.05, 0.1) is 6.54 Å². The van der Waals surface area contributed by atoms with Crippen molar-refractivity contribution < 1.29 is 0 Å². The zero-order valence-electron chi connectivity index (χ0n) is 15.4. The third kappa shape index (κ3) is 4.37. The highest BCUT2D eigenvalue weighted by atomic mass is 127. The number of aromatic nitrogens is 1. The van der Waals surface area contributed by atoms with Gasteiger partial charge in [0.15, 0.2) is 5.96 Å². The van der Waals surface area contributed by atoms with Crippen LogP contribution in [0.4, 0.5) is 0 Å². The summed E-state index contributed by atoms with van der Waals surface area (Å²) in [6.07, 6.45) is 5.90. The Morgan fingerprint density at radius 3 is 2.44 bits per heavy atom. The number of aryl methyl sites for hydroxylation is 1. The summed E-state index contributed by atoms with van der Waals surface area (Å²) in [6, 6.07) is 15.1. The molecule has 1 saturated carbocycles. The number of nitrogens with zero attached hydrogens (tertiary/aromatic N) is 3. The monoisotopic (exact) mass is 452 g/mol. The molecule has 0 atom stereocenters. The molecule has 1 aliphatic carbocycles. The van der Waals surface area contributed by atoms with Crippen LogP contribution < -0.4 is 5.32 Å². The molecule has 1 aliphatic rings. The second-order valence-corrected chi connectivity index (χ2v) is 6.87. The summed E-state index contributed by atoms with van der Waals surface area (Å²) in [4.78, 5) is 6.66. The van der Waals surface area contributed by atoms with Crippen LogP contribution in [0.2, 0.25) is 0 Å². The quantitative estimate of drug-likeness (QED) is 0.426. The van der Waals surface area contributed by atoms with Gasteiger partial charge < -0.3 is 14.8 Å². The lowest BCUT2D eigenvalue weighted by molar-refractivity contribution is 0.241. The van der Waals surface area contributed by atoms with E-state index in [1.807, 2.05) is 7.05 Å². The molecule has 4 nitrogen and oxygen atoms in total. The molecule has 0 saturated heterocycles. The number of rotatable bonds is 5. The average Bonchev–Trinajstić information content (AvgIpc) is 2.96. The Hall–Kier alpha value is -1.50. The summed E-state index contributed by atoms with van der Waals surface area (Å²) in [5.74, 6) is 0.957. The van der Waals surface area contributed by atoms with E-state index in [9.17, 15) is 0 Å². The first kappa shape index (κ1) is 19.8. The number of hydrogen-bond donors (Lipinski definition) is 1. The fourth-order valence-electron chi connectivity index (χ4n) is 3.57.